The number of carbonyl (C=O) groups excluding carboxylic acids is 1. The summed E-state index contributed by atoms with van der Waals surface area (Å²) < 4.78 is 0. The van der Waals surface area contributed by atoms with Crippen molar-refractivity contribution in [2.75, 3.05) is 11.6 Å². The summed E-state index contributed by atoms with van der Waals surface area (Å²) in [5, 5.41) is 1.88. The van der Waals surface area contributed by atoms with E-state index in [0.717, 1.165) is 12.2 Å². The lowest BCUT2D eigenvalue weighted by molar-refractivity contribution is -0.121. The van der Waals surface area contributed by atoms with Crippen LogP contribution in [0.3, 0.4) is 0 Å². The molecule has 1 aromatic rings. The molecule has 0 aromatic heterocycles. The van der Waals surface area contributed by atoms with Gasteiger partial charge >= 0.3 is 0 Å². The lowest BCUT2D eigenvalue weighted by atomic mass is 10.2. The van der Waals surface area contributed by atoms with Crippen LogP contribution in [0.25, 0.3) is 0 Å². The van der Waals surface area contributed by atoms with Gasteiger partial charge in [-0.15, -0.1) is 0 Å². The Balaban J connectivity index is 2.17. The van der Waals surface area contributed by atoms with E-state index in [-0.39, 0.29) is 11.8 Å². The van der Waals surface area contributed by atoms with E-state index >= 15 is 0 Å². The van der Waals surface area contributed by atoms with Crippen LogP contribution >= 0.6 is 0 Å². The topological polar surface area (TPSA) is 32.3 Å². The zero-order chi connectivity index (χ0) is 9.26. The number of hydrazine groups is 1. The number of rotatable bonds is 1. The van der Waals surface area contributed by atoms with Gasteiger partial charge in [0.05, 0.1) is 18.2 Å². The highest BCUT2D eigenvalue weighted by atomic mass is 16.2. The first kappa shape index (κ1) is 8.10. The fraction of sp³-hybridized carbons (Fsp3) is 0.300. The van der Waals surface area contributed by atoms with Crippen molar-refractivity contribution in [1.29, 1.82) is 0 Å². The number of para-hydroxylation sites is 1. The molecule has 3 nitrogen and oxygen atoms in total. The zero-order valence-corrected chi connectivity index (χ0v) is 7.53. The molecule has 0 spiro atoms. The zero-order valence-electron chi connectivity index (χ0n) is 7.53. The van der Waals surface area contributed by atoms with Crippen LogP contribution in [0.4, 0.5) is 5.69 Å². The monoisotopic (exact) mass is 176 g/mol. The third kappa shape index (κ3) is 1.49. The van der Waals surface area contributed by atoms with Gasteiger partial charge in [0, 0.05) is 0 Å². The van der Waals surface area contributed by atoms with E-state index < -0.39 is 0 Å². The molecule has 0 radical (unpaired) electrons. The Hall–Kier alpha value is -1.51. The summed E-state index contributed by atoms with van der Waals surface area (Å²) in [6.45, 7) is 2.68. The molecule has 1 fully saturated rings. The standard InChI is InChI=1S/C10H12N2O/c1-8-7-12(11-10(8)13)9-5-3-2-4-6-9/h2-6,8H,7H2,1H3,(H,11,13)/t8-/m1/s1. The molecule has 1 aliphatic heterocycles. The molecule has 1 aromatic carbocycles. The van der Waals surface area contributed by atoms with E-state index in [1.807, 2.05) is 42.3 Å². The van der Waals surface area contributed by atoms with Crippen molar-refractivity contribution < 1.29 is 4.79 Å². The molecule has 68 valence electrons. The van der Waals surface area contributed by atoms with Crippen LogP contribution in [-0.2, 0) is 4.79 Å². The number of anilines is 1. The maximum absolute atomic E-state index is 11.2. The maximum Gasteiger partial charge on any atom is 0.243 e. The molecule has 1 N–H and O–H groups in total. The Bertz CT molecular complexity index is 310. The number of amides is 1. The summed E-state index contributed by atoms with van der Waals surface area (Å²) in [6, 6.07) is 9.86. The molecule has 1 heterocycles. The van der Waals surface area contributed by atoms with Crippen molar-refractivity contribution in [2.24, 2.45) is 5.92 Å². The number of carbonyl (C=O) groups is 1. The van der Waals surface area contributed by atoms with Crippen LogP contribution in [0, 0.1) is 5.92 Å². The molecule has 1 atom stereocenters. The van der Waals surface area contributed by atoms with Gasteiger partial charge in [-0.05, 0) is 12.1 Å². The summed E-state index contributed by atoms with van der Waals surface area (Å²) in [5.74, 6) is 0.184. The molecule has 1 amide bonds. The van der Waals surface area contributed by atoms with Crippen LogP contribution in [0.2, 0.25) is 0 Å². The van der Waals surface area contributed by atoms with Crippen LogP contribution in [0.15, 0.2) is 30.3 Å². The van der Waals surface area contributed by atoms with Crippen molar-refractivity contribution in [2.45, 2.75) is 6.92 Å². The van der Waals surface area contributed by atoms with Gasteiger partial charge in [0.1, 0.15) is 0 Å². The highest BCUT2D eigenvalue weighted by Crippen LogP contribution is 2.17. The fourth-order valence-electron chi connectivity index (χ4n) is 1.42. The van der Waals surface area contributed by atoms with Crippen LogP contribution in [0.1, 0.15) is 6.92 Å². The highest BCUT2D eigenvalue weighted by molar-refractivity contribution is 5.83. The molecule has 3 heteroatoms. The minimum atomic E-state index is 0.0835. The Morgan fingerprint density at radius 1 is 1.38 bits per heavy atom. The van der Waals surface area contributed by atoms with Gasteiger partial charge in [-0.1, -0.05) is 25.1 Å². The van der Waals surface area contributed by atoms with Gasteiger partial charge in [-0.2, -0.15) is 0 Å². The Morgan fingerprint density at radius 3 is 2.62 bits per heavy atom. The van der Waals surface area contributed by atoms with E-state index in [2.05, 4.69) is 5.43 Å². The molecule has 13 heavy (non-hydrogen) atoms. The first-order valence-electron chi connectivity index (χ1n) is 4.40. The first-order valence-corrected chi connectivity index (χ1v) is 4.40. The van der Waals surface area contributed by atoms with Gasteiger partial charge < -0.3 is 0 Å². The molecule has 1 saturated heterocycles. The highest BCUT2D eigenvalue weighted by Gasteiger charge is 2.26. The Morgan fingerprint density at radius 2 is 2.08 bits per heavy atom. The number of nitrogens with one attached hydrogen (secondary N) is 1. The van der Waals surface area contributed by atoms with Gasteiger partial charge in [0.25, 0.3) is 0 Å². The Kier molecular flexibility index (Phi) is 1.93. The molecule has 2 rings (SSSR count). The third-order valence-corrected chi connectivity index (χ3v) is 2.22. The molecule has 0 aliphatic carbocycles. The number of hydrogen-bond donors (Lipinski definition) is 1. The molecule has 0 saturated carbocycles. The average Bonchev–Trinajstić information content (AvgIpc) is 2.49. The third-order valence-electron chi connectivity index (χ3n) is 2.22. The smallest absolute Gasteiger partial charge is 0.243 e. The summed E-state index contributed by atoms with van der Waals surface area (Å²) >= 11 is 0. The van der Waals surface area contributed by atoms with Crippen molar-refractivity contribution in [3.63, 3.8) is 0 Å². The maximum atomic E-state index is 11.2. The molecular formula is C10H12N2O. The van der Waals surface area contributed by atoms with Gasteiger partial charge in [-0.3, -0.25) is 15.2 Å². The lowest BCUT2D eigenvalue weighted by Crippen LogP contribution is -2.32. The molecule has 0 bridgehead atoms. The average molecular weight is 176 g/mol. The predicted molar refractivity (Wildman–Crippen MR) is 51.1 cm³/mol. The predicted octanol–water partition coefficient (Wildman–Crippen LogP) is 1.17. The van der Waals surface area contributed by atoms with Crippen molar-refractivity contribution >= 4 is 11.6 Å². The number of nitrogens with zero attached hydrogens (tertiary/aromatic N) is 1. The van der Waals surface area contributed by atoms with E-state index in [4.69, 9.17) is 0 Å². The Labute approximate surface area is 77.3 Å². The van der Waals surface area contributed by atoms with Gasteiger partial charge in [0.15, 0.2) is 0 Å². The second-order valence-corrected chi connectivity index (χ2v) is 3.32. The lowest BCUT2D eigenvalue weighted by Gasteiger charge is -2.16. The summed E-state index contributed by atoms with van der Waals surface area (Å²) in [5.41, 5.74) is 3.86. The van der Waals surface area contributed by atoms with Crippen molar-refractivity contribution in [3.05, 3.63) is 30.3 Å². The van der Waals surface area contributed by atoms with E-state index in [1.54, 1.807) is 0 Å². The van der Waals surface area contributed by atoms with Crippen LogP contribution in [-0.4, -0.2) is 12.5 Å². The number of hydrogen-bond acceptors (Lipinski definition) is 2. The van der Waals surface area contributed by atoms with E-state index in [9.17, 15) is 4.79 Å². The second-order valence-electron chi connectivity index (χ2n) is 3.32. The van der Waals surface area contributed by atoms with E-state index in [1.165, 1.54) is 0 Å². The summed E-state index contributed by atoms with van der Waals surface area (Å²) in [7, 11) is 0. The van der Waals surface area contributed by atoms with E-state index in [0.29, 0.717) is 0 Å². The SMILES string of the molecule is C[C@@H]1CN(c2ccccc2)NC1=O. The van der Waals surface area contributed by atoms with Crippen molar-refractivity contribution in [1.82, 2.24) is 5.43 Å². The minimum absolute atomic E-state index is 0.0835. The molecule has 1 aliphatic rings. The van der Waals surface area contributed by atoms with Gasteiger partial charge in [-0.25, -0.2) is 0 Å². The quantitative estimate of drug-likeness (QED) is 0.696. The number of benzene rings is 1. The first-order chi connectivity index (χ1) is 6.27. The second kappa shape index (κ2) is 3.09. The summed E-state index contributed by atoms with van der Waals surface area (Å²) in [4.78, 5) is 11.2. The fourth-order valence-corrected chi connectivity index (χ4v) is 1.42. The minimum Gasteiger partial charge on any atom is -0.285 e. The van der Waals surface area contributed by atoms with Crippen LogP contribution in [0.5, 0.6) is 0 Å². The van der Waals surface area contributed by atoms with Crippen LogP contribution < -0.4 is 10.4 Å². The normalized spacial score (nSPS) is 21.8. The largest absolute Gasteiger partial charge is 0.285 e. The van der Waals surface area contributed by atoms with Crippen molar-refractivity contribution in [3.8, 4) is 0 Å². The van der Waals surface area contributed by atoms with Gasteiger partial charge in [0.2, 0.25) is 5.91 Å². The summed E-state index contributed by atoms with van der Waals surface area (Å²) in [6.07, 6.45) is 0. The molecule has 0 unspecified atom stereocenters. The molecular weight excluding hydrogens is 164 g/mol.